The summed E-state index contributed by atoms with van der Waals surface area (Å²) >= 11 is 2.33. The lowest BCUT2D eigenvalue weighted by atomic mass is 9.57. The van der Waals surface area contributed by atoms with Crippen molar-refractivity contribution in [2.24, 2.45) is 29.1 Å². The van der Waals surface area contributed by atoms with Crippen molar-refractivity contribution in [3.8, 4) is 0 Å². The van der Waals surface area contributed by atoms with Gasteiger partial charge in [0.25, 0.3) is 0 Å². The number of thioether (sulfide) groups is 1. The molecule has 4 aliphatic rings. The van der Waals surface area contributed by atoms with Crippen LogP contribution in [0.2, 0.25) is 0 Å². The predicted octanol–water partition coefficient (Wildman–Crippen LogP) is 4.73. The zero-order valence-electron chi connectivity index (χ0n) is 11.4. The van der Waals surface area contributed by atoms with Gasteiger partial charge in [-0.15, -0.1) is 0 Å². The SMILES string of the molecule is CC1CCCC2(C)CC3CCC3CC3(CS3)C12. The summed E-state index contributed by atoms with van der Waals surface area (Å²) < 4.78 is 0.758. The van der Waals surface area contributed by atoms with Gasteiger partial charge in [0.2, 0.25) is 0 Å². The molecule has 0 aromatic heterocycles. The molecule has 1 saturated heterocycles. The highest BCUT2D eigenvalue weighted by molar-refractivity contribution is 8.07. The van der Waals surface area contributed by atoms with Gasteiger partial charge in [-0.05, 0) is 61.2 Å². The van der Waals surface area contributed by atoms with Gasteiger partial charge in [-0.3, -0.25) is 0 Å². The van der Waals surface area contributed by atoms with Gasteiger partial charge in [-0.1, -0.05) is 26.7 Å². The molecule has 3 saturated carbocycles. The van der Waals surface area contributed by atoms with Crippen molar-refractivity contribution in [1.82, 2.24) is 0 Å². The Kier molecular flexibility index (Phi) is 2.28. The van der Waals surface area contributed by atoms with E-state index in [0.29, 0.717) is 5.41 Å². The van der Waals surface area contributed by atoms with Crippen molar-refractivity contribution in [2.45, 2.75) is 63.5 Å². The van der Waals surface area contributed by atoms with Gasteiger partial charge in [-0.25, -0.2) is 0 Å². The Balaban J connectivity index is 1.73. The largest absolute Gasteiger partial charge is 0.153 e. The van der Waals surface area contributed by atoms with E-state index in [4.69, 9.17) is 0 Å². The zero-order valence-corrected chi connectivity index (χ0v) is 12.2. The van der Waals surface area contributed by atoms with E-state index >= 15 is 0 Å². The van der Waals surface area contributed by atoms with Gasteiger partial charge >= 0.3 is 0 Å². The third-order valence-corrected chi connectivity index (χ3v) is 8.17. The van der Waals surface area contributed by atoms with Crippen LogP contribution in [0.15, 0.2) is 0 Å². The molecule has 1 heterocycles. The van der Waals surface area contributed by atoms with E-state index in [-0.39, 0.29) is 0 Å². The molecule has 1 heteroatoms. The van der Waals surface area contributed by atoms with Gasteiger partial charge in [0, 0.05) is 10.5 Å². The van der Waals surface area contributed by atoms with E-state index in [1.165, 1.54) is 25.0 Å². The number of hydrogen-bond donors (Lipinski definition) is 0. The monoisotopic (exact) mass is 250 g/mol. The van der Waals surface area contributed by atoms with E-state index in [2.05, 4.69) is 25.6 Å². The Morgan fingerprint density at radius 1 is 1.06 bits per heavy atom. The fourth-order valence-electron chi connectivity index (χ4n) is 5.95. The van der Waals surface area contributed by atoms with Crippen molar-refractivity contribution in [2.75, 3.05) is 5.75 Å². The second-order valence-electron chi connectivity index (χ2n) is 7.86. The van der Waals surface area contributed by atoms with E-state index in [1.807, 2.05) is 0 Å². The molecule has 6 atom stereocenters. The molecule has 3 aliphatic carbocycles. The molecule has 0 aromatic carbocycles. The minimum Gasteiger partial charge on any atom is -0.153 e. The van der Waals surface area contributed by atoms with Crippen LogP contribution < -0.4 is 0 Å². The maximum absolute atomic E-state index is 2.66. The van der Waals surface area contributed by atoms with Gasteiger partial charge in [0.15, 0.2) is 0 Å². The molecule has 96 valence electrons. The summed E-state index contributed by atoms with van der Waals surface area (Å²) in [6.45, 7) is 5.23. The Morgan fingerprint density at radius 3 is 2.41 bits per heavy atom. The maximum Gasteiger partial charge on any atom is 0.0289 e. The highest BCUT2D eigenvalue weighted by atomic mass is 32.2. The number of fused-ring (bicyclic) bond motifs is 3. The molecule has 4 rings (SSSR count). The summed E-state index contributed by atoms with van der Waals surface area (Å²) in [5.41, 5.74) is 0.709. The van der Waals surface area contributed by atoms with Crippen molar-refractivity contribution < 1.29 is 0 Å². The topological polar surface area (TPSA) is 0 Å². The van der Waals surface area contributed by atoms with E-state index < -0.39 is 0 Å². The van der Waals surface area contributed by atoms with Gasteiger partial charge in [-0.2, -0.15) is 11.8 Å². The summed E-state index contributed by atoms with van der Waals surface area (Å²) in [6, 6.07) is 0. The lowest BCUT2D eigenvalue weighted by Crippen LogP contribution is -2.43. The Labute approximate surface area is 110 Å². The van der Waals surface area contributed by atoms with Crippen molar-refractivity contribution in [3.05, 3.63) is 0 Å². The van der Waals surface area contributed by atoms with E-state index in [1.54, 1.807) is 25.7 Å². The van der Waals surface area contributed by atoms with Crippen LogP contribution >= 0.6 is 11.8 Å². The molecular formula is C16H26S. The Hall–Kier alpha value is 0.350. The number of rotatable bonds is 0. The molecule has 6 unspecified atom stereocenters. The Bertz CT molecular complexity index is 332. The third kappa shape index (κ3) is 1.50. The fourth-order valence-corrected chi connectivity index (χ4v) is 7.47. The van der Waals surface area contributed by atoms with Gasteiger partial charge < -0.3 is 0 Å². The van der Waals surface area contributed by atoms with Crippen LogP contribution in [0.5, 0.6) is 0 Å². The molecule has 1 aliphatic heterocycles. The predicted molar refractivity (Wildman–Crippen MR) is 75.2 cm³/mol. The van der Waals surface area contributed by atoms with E-state index in [9.17, 15) is 0 Å². The molecule has 0 radical (unpaired) electrons. The lowest BCUT2D eigenvalue weighted by molar-refractivity contribution is 0.0303. The summed E-state index contributed by atoms with van der Waals surface area (Å²) in [7, 11) is 0. The van der Waals surface area contributed by atoms with Gasteiger partial charge in [0.05, 0.1) is 0 Å². The van der Waals surface area contributed by atoms with Crippen LogP contribution in [0.1, 0.15) is 58.8 Å². The lowest BCUT2D eigenvalue weighted by Gasteiger charge is -2.48. The molecule has 0 amide bonds. The van der Waals surface area contributed by atoms with Crippen molar-refractivity contribution >= 4 is 11.8 Å². The van der Waals surface area contributed by atoms with Crippen LogP contribution in [0.25, 0.3) is 0 Å². The van der Waals surface area contributed by atoms with E-state index in [0.717, 1.165) is 28.4 Å². The van der Waals surface area contributed by atoms with Crippen LogP contribution in [-0.4, -0.2) is 10.5 Å². The Morgan fingerprint density at radius 2 is 1.76 bits per heavy atom. The molecular weight excluding hydrogens is 224 g/mol. The molecule has 4 fully saturated rings. The quantitative estimate of drug-likeness (QED) is 0.560. The first-order chi connectivity index (χ1) is 8.13. The molecule has 0 nitrogen and oxygen atoms in total. The standard InChI is InChI=1S/C16H26S/c1-11-4-3-7-15(2)8-12-5-6-13(12)9-16(10-17-16)14(11)15/h11-14H,3-10H2,1-2H3. The van der Waals surface area contributed by atoms with Crippen LogP contribution in [0.3, 0.4) is 0 Å². The highest BCUT2D eigenvalue weighted by Gasteiger charge is 2.63. The summed E-state index contributed by atoms with van der Waals surface area (Å²) in [4.78, 5) is 0. The minimum absolute atomic E-state index is 0.709. The fraction of sp³-hybridized carbons (Fsp3) is 1.00. The second-order valence-corrected chi connectivity index (χ2v) is 9.25. The number of hydrogen-bond acceptors (Lipinski definition) is 1. The average molecular weight is 250 g/mol. The van der Waals surface area contributed by atoms with Crippen LogP contribution in [0, 0.1) is 29.1 Å². The average Bonchev–Trinajstić information content (AvgIpc) is 3.02. The third-order valence-electron chi connectivity index (χ3n) is 6.72. The molecule has 1 spiro atoms. The highest BCUT2D eigenvalue weighted by Crippen LogP contribution is 2.70. The van der Waals surface area contributed by atoms with Crippen molar-refractivity contribution in [3.63, 3.8) is 0 Å². The molecule has 17 heavy (non-hydrogen) atoms. The maximum atomic E-state index is 2.66. The minimum atomic E-state index is 0.709. The molecule has 0 aromatic rings. The first-order valence-corrected chi connectivity index (χ1v) is 8.76. The summed E-state index contributed by atoms with van der Waals surface area (Å²) in [6.07, 6.45) is 10.8. The van der Waals surface area contributed by atoms with Gasteiger partial charge in [0.1, 0.15) is 0 Å². The zero-order chi connectivity index (χ0) is 11.7. The normalized spacial score (nSPS) is 61.1. The first kappa shape index (κ1) is 11.2. The van der Waals surface area contributed by atoms with Crippen LogP contribution in [-0.2, 0) is 0 Å². The second kappa shape index (κ2) is 3.46. The molecule has 0 N–H and O–H groups in total. The summed E-state index contributed by atoms with van der Waals surface area (Å²) in [5, 5.41) is 0. The first-order valence-electron chi connectivity index (χ1n) is 7.77. The van der Waals surface area contributed by atoms with Crippen LogP contribution in [0.4, 0.5) is 0 Å². The smallest absolute Gasteiger partial charge is 0.0289 e. The summed E-state index contributed by atoms with van der Waals surface area (Å²) in [5.74, 6) is 5.80. The molecule has 0 bridgehead atoms. The van der Waals surface area contributed by atoms with Crippen molar-refractivity contribution in [1.29, 1.82) is 0 Å².